The molecule has 0 aliphatic heterocycles. The van der Waals surface area contributed by atoms with Gasteiger partial charge in [-0.25, -0.2) is 0 Å². The summed E-state index contributed by atoms with van der Waals surface area (Å²) in [5.41, 5.74) is 1.29. The molecule has 78 valence electrons. The third kappa shape index (κ3) is 3.69. The quantitative estimate of drug-likeness (QED) is 0.802. The summed E-state index contributed by atoms with van der Waals surface area (Å²) in [4.78, 5) is 0. The van der Waals surface area contributed by atoms with Gasteiger partial charge in [0.2, 0.25) is 0 Å². The molecule has 1 nitrogen and oxygen atoms in total. The molecule has 2 heteroatoms. The topological polar surface area (TPSA) is 12.0 Å². The molecule has 1 atom stereocenters. The standard InChI is InChI=1S/C12H18ClN/c1-9(2)8-14-10(3)11-4-6-12(13)7-5-11/h4-7,9-10,14H,8H2,1-3H3/t10-/m0/s1. The van der Waals surface area contributed by atoms with Crippen molar-refractivity contribution in [1.82, 2.24) is 5.32 Å². The maximum Gasteiger partial charge on any atom is 0.0406 e. The van der Waals surface area contributed by atoms with Crippen LogP contribution in [0.3, 0.4) is 0 Å². The van der Waals surface area contributed by atoms with Gasteiger partial charge in [-0.2, -0.15) is 0 Å². The van der Waals surface area contributed by atoms with Crippen LogP contribution in [0.1, 0.15) is 32.4 Å². The van der Waals surface area contributed by atoms with Gasteiger partial charge in [0.05, 0.1) is 0 Å². The van der Waals surface area contributed by atoms with E-state index in [9.17, 15) is 0 Å². The van der Waals surface area contributed by atoms with Crippen molar-refractivity contribution in [3.63, 3.8) is 0 Å². The van der Waals surface area contributed by atoms with E-state index in [1.807, 2.05) is 12.1 Å². The van der Waals surface area contributed by atoms with Crippen LogP contribution < -0.4 is 5.32 Å². The zero-order valence-corrected chi connectivity index (χ0v) is 9.81. The molecule has 0 aromatic heterocycles. The Bertz CT molecular complexity index is 266. The lowest BCUT2D eigenvalue weighted by Crippen LogP contribution is -2.23. The largest absolute Gasteiger partial charge is 0.310 e. The van der Waals surface area contributed by atoms with Crippen LogP contribution in [0, 0.1) is 5.92 Å². The van der Waals surface area contributed by atoms with E-state index in [4.69, 9.17) is 11.6 Å². The van der Waals surface area contributed by atoms with Crippen molar-refractivity contribution in [3.8, 4) is 0 Å². The fourth-order valence-corrected chi connectivity index (χ4v) is 1.41. The van der Waals surface area contributed by atoms with Gasteiger partial charge in [-0.1, -0.05) is 37.6 Å². The van der Waals surface area contributed by atoms with Crippen LogP contribution in [-0.2, 0) is 0 Å². The molecule has 0 radical (unpaired) electrons. The van der Waals surface area contributed by atoms with Crippen LogP contribution in [0.5, 0.6) is 0 Å². The first-order valence-corrected chi connectivity index (χ1v) is 5.46. The summed E-state index contributed by atoms with van der Waals surface area (Å²) >= 11 is 5.82. The molecule has 0 saturated carbocycles. The normalized spacial score (nSPS) is 13.2. The third-order valence-electron chi connectivity index (χ3n) is 2.20. The maximum absolute atomic E-state index is 5.82. The van der Waals surface area contributed by atoms with Gasteiger partial charge in [-0.05, 0) is 37.1 Å². The maximum atomic E-state index is 5.82. The van der Waals surface area contributed by atoms with Gasteiger partial charge in [0.15, 0.2) is 0 Å². The number of hydrogen-bond donors (Lipinski definition) is 1. The highest BCUT2D eigenvalue weighted by Crippen LogP contribution is 2.15. The van der Waals surface area contributed by atoms with Gasteiger partial charge >= 0.3 is 0 Å². The summed E-state index contributed by atoms with van der Waals surface area (Å²) in [6, 6.07) is 8.41. The molecule has 0 heterocycles. The Morgan fingerprint density at radius 2 is 1.71 bits per heavy atom. The van der Waals surface area contributed by atoms with Crippen LogP contribution in [0.25, 0.3) is 0 Å². The van der Waals surface area contributed by atoms with Gasteiger partial charge in [0.25, 0.3) is 0 Å². The van der Waals surface area contributed by atoms with E-state index in [0.29, 0.717) is 12.0 Å². The van der Waals surface area contributed by atoms with Crippen molar-refractivity contribution in [2.45, 2.75) is 26.8 Å². The van der Waals surface area contributed by atoms with Gasteiger partial charge in [-0.15, -0.1) is 0 Å². The first-order chi connectivity index (χ1) is 6.59. The molecule has 0 spiro atoms. The SMILES string of the molecule is CC(C)CN[C@@H](C)c1ccc(Cl)cc1. The molecule has 1 aromatic rings. The summed E-state index contributed by atoms with van der Waals surface area (Å²) in [6.45, 7) is 7.64. The van der Waals surface area contributed by atoms with Crippen molar-refractivity contribution in [3.05, 3.63) is 34.9 Å². The lowest BCUT2D eigenvalue weighted by Gasteiger charge is -2.15. The predicted octanol–water partition coefficient (Wildman–Crippen LogP) is 3.65. The second-order valence-corrected chi connectivity index (χ2v) is 4.51. The van der Waals surface area contributed by atoms with Gasteiger partial charge < -0.3 is 5.32 Å². The summed E-state index contributed by atoms with van der Waals surface area (Å²) in [6.07, 6.45) is 0. The van der Waals surface area contributed by atoms with Crippen LogP contribution in [0.15, 0.2) is 24.3 Å². The Labute approximate surface area is 91.5 Å². The minimum atomic E-state index is 0.398. The fourth-order valence-electron chi connectivity index (χ4n) is 1.28. The molecule has 1 rings (SSSR count). The molecular formula is C12H18ClN. The summed E-state index contributed by atoms with van der Waals surface area (Å²) in [7, 11) is 0. The first-order valence-electron chi connectivity index (χ1n) is 5.08. The second kappa shape index (κ2) is 5.38. The van der Waals surface area contributed by atoms with E-state index in [-0.39, 0.29) is 0 Å². The predicted molar refractivity (Wildman–Crippen MR) is 62.7 cm³/mol. The van der Waals surface area contributed by atoms with E-state index >= 15 is 0 Å². The summed E-state index contributed by atoms with van der Waals surface area (Å²) in [5.74, 6) is 0.685. The van der Waals surface area contributed by atoms with Crippen LogP contribution in [0.2, 0.25) is 5.02 Å². The van der Waals surface area contributed by atoms with Crippen molar-refractivity contribution in [2.75, 3.05) is 6.54 Å². The van der Waals surface area contributed by atoms with Crippen molar-refractivity contribution in [2.24, 2.45) is 5.92 Å². The zero-order chi connectivity index (χ0) is 10.6. The van der Waals surface area contributed by atoms with Gasteiger partial charge in [0.1, 0.15) is 0 Å². The average molecular weight is 212 g/mol. The van der Waals surface area contributed by atoms with Crippen molar-refractivity contribution < 1.29 is 0 Å². The average Bonchev–Trinajstić information content (AvgIpc) is 2.15. The molecule has 0 amide bonds. The monoisotopic (exact) mass is 211 g/mol. The fraction of sp³-hybridized carbons (Fsp3) is 0.500. The summed E-state index contributed by atoms with van der Waals surface area (Å²) in [5, 5.41) is 4.27. The van der Waals surface area contributed by atoms with Crippen molar-refractivity contribution >= 4 is 11.6 Å². The molecule has 0 unspecified atom stereocenters. The lowest BCUT2D eigenvalue weighted by molar-refractivity contribution is 0.496. The lowest BCUT2D eigenvalue weighted by atomic mass is 10.1. The highest BCUT2D eigenvalue weighted by Gasteiger charge is 2.04. The molecular weight excluding hydrogens is 194 g/mol. The molecule has 0 bridgehead atoms. The molecule has 0 aliphatic carbocycles. The third-order valence-corrected chi connectivity index (χ3v) is 2.45. The number of halogens is 1. The van der Waals surface area contributed by atoms with E-state index in [0.717, 1.165) is 11.6 Å². The van der Waals surface area contributed by atoms with Crippen LogP contribution in [-0.4, -0.2) is 6.54 Å². The zero-order valence-electron chi connectivity index (χ0n) is 9.05. The molecule has 14 heavy (non-hydrogen) atoms. The molecule has 0 fully saturated rings. The molecule has 1 N–H and O–H groups in total. The van der Waals surface area contributed by atoms with Gasteiger partial charge in [0, 0.05) is 11.1 Å². The number of benzene rings is 1. The smallest absolute Gasteiger partial charge is 0.0406 e. The first kappa shape index (κ1) is 11.5. The Morgan fingerprint density at radius 3 is 2.21 bits per heavy atom. The summed E-state index contributed by atoms with van der Waals surface area (Å²) < 4.78 is 0. The minimum absolute atomic E-state index is 0.398. The van der Waals surface area contributed by atoms with Gasteiger partial charge in [-0.3, -0.25) is 0 Å². The van der Waals surface area contributed by atoms with E-state index in [1.54, 1.807) is 0 Å². The van der Waals surface area contributed by atoms with Crippen LogP contribution >= 0.6 is 11.6 Å². The highest BCUT2D eigenvalue weighted by molar-refractivity contribution is 6.30. The Morgan fingerprint density at radius 1 is 1.14 bits per heavy atom. The van der Waals surface area contributed by atoms with E-state index < -0.39 is 0 Å². The second-order valence-electron chi connectivity index (χ2n) is 4.08. The van der Waals surface area contributed by atoms with E-state index in [2.05, 4.69) is 38.2 Å². The van der Waals surface area contributed by atoms with Crippen molar-refractivity contribution in [1.29, 1.82) is 0 Å². The number of rotatable bonds is 4. The Balaban J connectivity index is 2.52. The molecule has 1 aromatic carbocycles. The van der Waals surface area contributed by atoms with E-state index in [1.165, 1.54) is 5.56 Å². The minimum Gasteiger partial charge on any atom is -0.310 e. The molecule has 0 saturated heterocycles. The van der Waals surface area contributed by atoms with Crippen LogP contribution in [0.4, 0.5) is 0 Å². The number of nitrogens with one attached hydrogen (secondary N) is 1. The molecule has 0 aliphatic rings. The highest BCUT2D eigenvalue weighted by atomic mass is 35.5. The Kier molecular flexibility index (Phi) is 4.43. The Hall–Kier alpha value is -0.530. The number of hydrogen-bond acceptors (Lipinski definition) is 1.